The van der Waals surface area contributed by atoms with E-state index in [2.05, 4.69) is 40.7 Å². The lowest BCUT2D eigenvalue weighted by molar-refractivity contribution is -0.131. The Balaban J connectivity index is 5.40. The molecule has 0 aromatic rings. The molecule has 0 rings (SSSR count). The smallest absolute Gasteiger partial charge is 0.222 e. The van der Waals surface area contributed by atoms with Gasteiger partial charge in [-0.1, -0.05) is 15.3 Å². The van der Waals surface area contributed by atoms with Crippen LogP contribution in [0.4, 0.5) is 0 Å². The Kier molecular flexibility index (Phi) is 43.7. The van der Waals surface area contributed by atoms with Crippen LogP contribution in [0.5, 0.6) is 0 Å². The van der Waals surface area contributed by atoms with Crippen molar-refractivity contribution < 1.29 is 66.5 Å². The summed E-state index contributed by atoms with van der Waals surface area (Å²) in [5.41, 5.74) is 29.1. The van der Waals surface area contributed by atoms with Crippen molar-refractivity contribution in [3.8, 4) is 0 Å². The van der Waals surface area contributed by atoms with Crippen molar-refractivity contribution in [2.75, 3.05) is 165 Å². The van der Waals surface area contributed by atoms with E-state index >= 15 is 0 Å². The van der Waals surface area contributed by atoms with Gasteiger partial charge < -0.3 is 63.7 Å². The number of Topliss-reactive ketones (excluding diaryl/α,β-unsaturated/α-hetero) is 2. The minimum absolute atomic E-state index is 0.0107. The molecular formula is C38H70N12O14. The Labute approximate surface area is 374 Å². The fraction of sp³-hybridized carbons (Fsp3) is 0.895. The lowest BCUT2D eigenvalue weighted by atomic mass is 10.0. The van der Waals surface area contributed by atoms with Gasteiger partial charge in [-0.05, 0) is 29.4 Å². The maximum absolute atomic E-state index is 13.4. The van der Waals surface area contributed by atoms with Gasteiger partial charge in [0, 0.05) is 99.2 Å². The van der Waals surface area contributed by atoms with Gasteiger partial charge in [0.05, 0.1) is 119 Å². The van der Waals surface area contributed by atoms with Crippen molar-refractivity contribution in [1.29, 1.82) is 0 Å². The maximum Gasteiger partial charge on any atom is 0.222 e. The number of azide groups is 3. The van der Waals surface area contributed by atoms with E-state index < -0.39 is 11.4 Å². The Hall–Kier alpha value is -4.23. The van der Waals surface area contributed by atoms with Crippen LogP contribution in [0.15, 0.2) is 15.3 Å². The standard InChI is InChI=1S/C38H70N12O14/c39-9-20-58-26-28-61-30-29-60-27-25-57-18-8-37(54)47-38(31-62-16-5-34(51)3-1-14-55-22-11-44-48-40,32-63-17-6-35(52)4-2-15-56-23-12-45-49-41)33-64-19-7-36(53)43-10-21-59-24-13-46-50-42/h1-33,39H2,(H,43,53)(H,47,54). The van der Waals surface area contributed by atoms with Crippen LogP contribution in [0.25, 0.3) is 31.3 Å². The van der Waals surface area contributed by atoms with E-state index in [-0.39, 0.29) is 161 Å². The summed E-state index contributed by atoms with van der Waals surface area (Å²) in [6.45, 7) is 5.21. The first kappa shape index (κ1) is 59.8. The van der Waals surface area contributed by atoms with Gasteiger partial charge in [-0.2, -0.15) is 0 Å². The van der Waals surface area contributed by atoms with Crippen molar-refractivity contribution in [2.45, 2.75) is 56.9 Å². The van der Waals surface area contributed by atoms with Crippen LogP contribution in [0.3, 0.4) is 0 Å². The van der Waals surface area contributed by atoms with E-state index in [1.54, 1.807) is 0 Å². The monoisotopic (exact) mass is 919 g/mol. The highest BCUT2D eigenvalue weighted by molar-refractivity contribution is 5.79. The molecule has 26 heteroatoms. The van der Waals surface area contributed by atoms with Gasteiger partial charge in [0.2, 0.25) is 11.8 Å². The van der Waals surface area contributed by atoms with Crippen molar-refractivity contribution in [1.82, 2.24) is 10.6 Å². The van der Waals surface area contributed by atoms with Crippen LogP contribution in [0, 0.1) is 0 Å². The van der Waals surface area contributed by atoms with E-state index in [1.165, 1.54) is 0 Å². The highest BCUT2D eigenvalue weighted by Gasteiger charge is 2.34. The van der Waals surface area contributed by atoms with Crippen LogP contribution in [-0.2, 0) is 66.5 Å². The summed E-state index contributed by atoms with van der Waals surface area (Å²) in [6, 6.07) is 0. The van der Waals surface area contributed by atoms with Gasteiger partial charge in [0.1, 0.15) is 17.1 Å². The molecule has 0 spiro atoms. The van der Waals surface area contributed by atoms with Crippen molar-refractivity contribution in [3.05, 3.63) is 31.3 Å². The molecule has 366 valence electrons. The molecule has 2 amide bonds. The molecule has 0 saturated heterocycles. The molecule has 4 N–H and O–H groups in total. The zero-order chi connectivity index (χ0) is 46.9. The van der Waals surface area contributed by atoms with Crippen LogP contribution < -0.4 is 16.4 Å². The van der Waals surface area contributed by atoms with Crippen molar-refractivity contribution in [3.63, 3.8) is 0 Å². The van der Waals surface area contributed by atoms with Gasteiger partial charge in [0.15, 0.2) is 0 Å². The molecule has 0 heterocycles. The number of hydrogen-bond acceptors (Lipinski definition) is 18. The number of carbonyl (C=O) groups is 4. The van der Waals surface area contributed by atoms with Crippen molar-refractivity contribution >= 4 is 23.4 Å². The molecule has 0 radical (unpaired) electrons. The predicted octanol–water partition coefficient (Wildman–Crippen LogP) is 2.27. The number of ether oxygens (including phenoxy) is 10. The zero-order valence-corrected chi connectivity index (χ0v) is 37.2. The maximum atomic E-state index is 13.4. The second-order valence-corrected chi connectivity index (χ2v) is 13.6. The number of nitrogens with zero attached hydrogens (tertiary/aromatic N) is 9. The molecule has 0 saturated carbocycles. The Bertz CT molecular complexity index is 1230. The van der Waals surface area contributed by atoms with E-state index in [4.69, 9.17) is 69.7 Å². The summed E-state index contributed by atoms with van der Waals surface area (Å²) in [7, 11) is 0. The molecular weight excluding hydrogens is 848 g/mol. The molecule has 0 unspecified atom stereocenters. The lowest BCUT2D eigenvalue weighted by Gasteiger charge is -2.34. The molecule has 0 bridgehead atoms. The number of carbonyl (C=O) groups excluding carboxylic acids is 4. The molecule has 0 fully saturated rings. The first-order valence-corrected chi connectivity index (χ1v) is 21.4. The molecule has 0 aliphatic heterocycles. The molecule has 0 aromatic carbocycles. The summed E-state index contributed by atoms with van der Waals surface area (Å²) in [5, 5.41) is 15.8. The van der Waals surface area contributed by atoms with E-state index in [1.807, 2.05) is 0 Å². The molecule has 0 aliphatic carbocycles. The first-order valence-electron chi connectivity index (χ1n) is 21.4. The number of rotatable bonds is 50. The molecule has 64 heavy (non-hydrogen) atoms. The van der Waals surface area contributed by atoms with Crippen LogP contribution in [0.2, 0.25) is 0 Å². The second kappa shape index (κ2) is 46.8. The van der Waals surface area contributed by atoms with E-state index in [0.717, 1.165) is 0 Å². The normalized spacial score (nSPS) is 11.8. The highest BCUT2D eigenvalue weighted by Crippen LogP contribution is 2.12. The minimum Gasteiger partial charge on any atom is -0.381 e. The average Bonchev–Trinajstić information content (AvgIpc) is 3.28. The summed E-state index contributed by atoms with van der Waals surface area (Å²) in [6.07, 6.45) is 1.60. The van der Waals surface area contributed by atoms with Crippen LogP contribution in [0.1, 0.15) is 51.4 Å². The average molecular weight is 919 g/mol. The third-order valence-corrected chi connectivity index (χ3v) is 8.17. The number of nitrogens with two attached hydrogens (primary N) is 1. The first-order chi connectivity index (χ1) is 31.3. The summed E-state index contributed by atoms with van der Waals surface area (Å²) in [4.78, 5) is 58.9. The SMILES string of the molecule is [N-]=[N+]=NCCOCCCC(=O)CCOCC(COCCC(=O)CCCOCCN=[N+]=[N-])(COCCC(=O)NCCOCCN=[N+]=[N-])NC(=O)CCOCCOCCOCCOCCN. The van der Waals surface area contributed by atoms with E-state index in [9.17, 15) is 19.2 Å². The fourth-order valence-electron chi connectivity index (χ4n) is 5.04. The third-order valence-electron chi connectivity index (χ3n) is 8.17. The zero-order valence-electron chi connectivity index (χ0n) is 37.2. The van der Waals surface area contributed by atoms with Crippen molar-refractivity contribution in [2.24, 2.45) is 21.1 Å². The summed E-state index contributed by atoms with van der Waals surface area (Å²) >= 11 is 0. The summed E-state index contributed by atoms with van der Waals surface area (Å²) in [5.74, 6) is -0.835. The van der Waals surface area contributed by atoms with Crippen LogP contribution >= 0.6 is 0 Å². The van der Waals surface area contributed by atoms with Gasteiger partial charge in [-0.25, -0.2) is 0 Å². The summed E-state index contributed by atoms with van der Waals surface area (Å²) < 4.78 is 55.6. The molecule has 26 nitrogen and oxygen atoms in total. The Morgan fingerprint density at radius 2 is 0.812 bits per heavy atom. The van der Waals surface area contributed by atoms with Gasteiger partial charge in [-0.15, -0.1) is 0 Å². The van der Waals surface area contributed by atoms with Crippen LogP contribution in [-0.4, -0.2) is 194 Å². The fourth-order valence-corrected chi connectivity index (χ4v) is 5.04. The van der Waals surface area contributed by atoms with Gasteiger partial charge in [-0.3, -0.25) is 19.2 Å². The minimum atomic E-state index is -1.29. The molecule has 0 aliphatic rings. The quantitative estimate of drug-likeness (QED) is 0.0341. The number of hydrogen-bond donors (Lipinski definition) is 3. The number of amides is 2. The molecule has 0 atom stereocenters. The van der Waals surface area contributed by atoms with E-state index in [0.29, 0.717) is 72.2 Å². The number of nitrogens with one attached hydrogen (secondary N) is 2. The third kappa shape index (κ3) is 41.8. The Morgan fingerprint density at radius 1 is 0.438 bits per heavy atom. The predicted molar refractivity (Wildman–Crippen MR) is 230 cm³/mol. The Morgan fingerprint density at radius 3 is 1.27 bits per heavy atom. The van der Waals surface area contributed by atoms with Gasteiger partial charge >= 0.3 is 0 Å². The second-order valence-electron chi connectivity index (χ2n) is 13.6. The largest absolute Gasteiger partial charge is 0.381 e. The highest BCUT2D eigenvalue weighted by atomic mass is 16.6. The lowest BCUT2D eigenvalue weighted by Crippen LogP contribution is -2.59. The topological polar surface area (TPSA) is 357 Å². The number of ketones is 2. The molecule has 0 aromatic heterocycles. The van der Waals surface area contributed by atoms with Gasteiger partial charge in [0.25, 0.3) is 0 Å².